The fourth-order valence-corrected chi connectivity index (χ4v) is 2.37. The number of rotatable bonds is 5. The summed E-state index contributed by atoms with van der Waals surface area (Å²) >= 11 is 0. The molecule has 96 valence electrons. The molecule has 0 aliphatic heterocycles. The molecule has 1 rings (SSSR count). The average molecular weight is 236 g/mol. The van der Waals surface area contributed by atoms with Crippen LogP contribution in [0.5, 0.6) is 5.75 Å². The number of benzene rings is 1. The van der Waals surface area contributed by atoms with E-state index in [1.807, 2.05) is 13.8 Å². The SMILES string of the molecule is CCOC(C)Oc1cc(C)c(C(C)C)c(C)c1. The summed E-state index contributed by atoms with van der Waals surface area (Å²) in [6.45, 7) is 13.3. The second kappa shape index (κ2) is 6.06. The van der Waals surface area contributed by atoms with E-state index >= 15 is 0 Å². The van der Waals surface area contributed by atoms with Gasteiger partial charge in [0.1, 0.15) is 5.75 Å². The Labute approximate surface area is 105 Å². The van der Waals surface area contributed by atoms with Crippen LogP contribution in [0, 0.1) is 13.8 Å². The van der Waals surface area contributed by atoms with Crippen molar-refractivity contribution in [2.75, 3.05) is 6.61 Å². The van der Waals surface area contributed by atoms with Gasteiger partial charge in [-0.15, -0.1) is 0 Å². The summed E-state index contributed by atoms with van der Waals surface area (Å²) in [6, 6.07) is 4.19. The van der Waals surface area contributed by atoms with E-state index in [-0.39, 0.29) is 6.29 Å². The van der Waals surface area contributed by atoms with Crippen LogP contribution in [0.15, 0.2) is 12.1 Å². The van der Waals surface area contributed by atoms with E-state index in [0.717, 1.165) is 5.75 Å². The molecule has 2 heteroatoms. The molecule has 0 radical (unpaired) electrons. The van der Waals surface area contributed by atoms with E-state index in [1.165, 1.54) is 16.7 Å². The van der Waals surface area contributed by atoms with Crippen LogP contribution in [-0.2, 0) is 4.74 Å². The standard InChI is InChI=1S/C15H24O2/c1-7-16-13(6)17-14-8-11(4)15(10(2)3)12(5)9-14/h8-10,13H,7H2,1-6H3. The highest BCUT2D eigenvalue weighted by atomic mass is 16.7. The Balaban J connectivity index is 2.90. The molecule has 0 aliphatic carbocycles. The first-order valence-electron chi connectivity index (χ1n) is 6.35. The van der Waals surface area contributed by atoms with Gasteiger partial charge in [-0.3, -0.25) is 0 Å². The van der Waals surface area contributed by atoms with Gasteiger partial charge in [-0.05, 0) is 62.4 Å². The predicted molar refractivity (Wildman–Crippen MR) is 71.7 cm³/mol. The van der Waals surface area contributed by atoms with Crippen LogP contribution < -0.4 is 4.74 Å². The molecule has 0 aromatic heterocycles. The molecular formula is C15H24O2. The highest BCUT2D eigenvalue weighted by Gasteiger charge is 2.10. The maximum absolute atomic E-state index is 5.73. The van der Waals surface area contributed by atoms with Crippen LogP contribution >= 0.6 is 0 Å². The molecule has 1 aromatic carbocycles. The van der Waals surface area contributed by atoms with Crippen molar-refractivity contribution in [2.45, 2.75) is 53.8 Å². The van der Waals surface area contributed by atoms with Gasteiger partial charge < -0.3 is 9.47 Å². The lowest BCUT2D eigenvalue weighted by molar-refractivity contribution is -0.0613. The third-order valence-corrected chi connectivity index (χ3v) is 2.85. The number of hydrogen-bond acceptors (Lipinski definition) is 2. The van der Waals surface area contributed by atoms with E-state index in [4.69, 9.17) is 9.47 Å². The second-order valence-corrected chi connectivity index (χ2v) is 4.77. The molecule has 0 N–H and O–H groups in total. The number of hydrogen-bond donors (Lipinski definition) is 0. The summed E-state index contributed by atoms with van der Waals surface area (Å²) in [5.41, 5.74) is 4.00. The molecule has 0 amide bonds. The van der Waals surface area contributed by atoms with Crippen molar-refractivity contribution in [1.29, 1.82) is 0 Å². The maximum Gasteiger partial charge on any atom is 0.196 e. The maximum atomic E-state index is 5.73. The first-order valence-corrected chi connectivity index (χ1v) is 6.35. The Kier molecular flexibility index (Phi) is 5.01. The Morgan fingerprint density at radius 2 is 1.59 bits per heavy atom. The molecule has 0 bridgehead atoms. The highest BCUT2D eigenvalue weighted by Crippen LogP contribution is 2.28. The van der Waals surface area contributed by atoms with Crippen molar-refractivity contribution >= 4 is 0 Å². The Morgan fingerprint density at radius 1 is 1.06 bits per heavy atom. The third kappa shape index (κ3) is 3.74. The largest absolute Gasteiger partial charge is 0.465 e. The van der Waals surface area contributed by atoms with Gasteiger partial charge >= 0.3 is 0 Å². The van der Waals surface area contributed by atoms with E-state index in [2.05, 4.69) is 39.8 Å². The van der Waals surface area contributed by atoms with Crippen molar-refractivity contribution in [1.82, 2.24) is 0 Å². The average Bonchev–Trinajstić information content (AvgIpc) is 2.15. The first-order chi connectivity index (χ1) is 7.95. The van der Waals surface area contributed by atoms with E-state index < -0.39 is 0 Å². The fraction of sp³-hybridized carbons (Fsp3) is 0.600. The molecular weight excluding hydrogens is 212 g/mol. The molecule has 1 atom stereocenters. The summed E-state index contributed by atoms with van der Waals surface area (Å²) in [5, 5.41) is 0. The van der Waals surface area contributed by atoms with Crippen molar-refractivity contribution in [3.63, 3.8) is 0 Å². The zero-order valence-electron chi connectivity index (χ0n) is 11.8. The molecule has 0 saturated carbocycles. The quantitative estimate of drug-likeness (QED) is 0.714. The zero-order chi connectivity index (χ0) is 13.0. The monoisotopic (exact) mass is 236 g/mol. The minimum atomic E-state index is -0.191. The van der Waals surface area contributed by atoms with E-state index in [0.29, 0.717) is 12.5 Å². The van der Waals surface area contributed by atoms with Gasteiger partial charge in [-0.25, -0.2) is 0 Å². The molecule has 2 nitrogen and oxygen atoms in total. The van der Waals surface area contributed by atoms with Crippen LogP contribution in [0.3, 0.4) is 0 Å². The minimum absolute atomic E-state index is 0.191. The van der Waals surface area contributed by atoms with Crippen molar-refractivity contribution in [2.24, 2.45) is 0 Å². The van der Waals surface area contributed by atoms with Crippen molar-refractivity contribution < 1.29 is 9.47 Å². The van der Waals surface area contributed by atoms with Gasteiger partial charge in [0.05, 0.1) is 0 Å². The van der Waals surface area contributed by atoms with Gasteiger partial charge in [0.25, 0.3) is 0 Å². The smallest absolute Gasteiger partial charge is 0.196 e. The summed E-state index contributed by atoms with van der Waals surface area (Å²) in [6.07, 6.45) is -0.191. The summed E-state index contributed by atoms with van der Waals surface area (Å²) < 4.78 is 11.1. The van der Waals surface area contributed by atoms with Gasteiger partial charge in [-0.1, -0.05) is 13.8 Å². The Morgan fingerprint density at radius 3 is 2.00 bits per heavy atom. The first kappa shape index (κ1) is 14.0. The van der Waals surface area contributed by atoms with Crippen LogP contribution in [0.2, 0.25) is 0 Å². The van der Waals surface area contributed by atoms with Crippen molar-refractivity contribution in [3.8, 4) is 5.75 Å². The Hall–Kier alpha value is -1.02. The van der Waals surface area contributed by atoms with Gasteiger partial charge in [-0.2, -0.15) is 0 Å². The van der Waals surface area contributed by atoms with E-state index in [1.54, 1.807) is 0 Å². The van der Waals surface area contributed by atoms with E-state index in [9.17, 15) is 0 Å². The summed E-state index contributed by atoms with van der Waals surface area (Å²) in [4.78, 5) is 0. The number of ether oxygens (including phenoxy) is 2. The summed E-state index contributed by atoms with van der Waals surface area (Å²) in [7, 11) is 0. The lowest BCUT2D eigenvalue weighted by atomic mass is 9.93. The number of aryl methyl sites for hydroxylation is 2. The minimum Gasteiger partial charge on any atom is -0.465 e. The van der Waals surface area contributed by atoms with Gasteiger partial charge in [0.15, 0.2) is 6.29 Å². The lowest BCUT2D eigenvalue weighted by Crippen LogP contribution is -2.16. The van der Waals surface area contributed by atoms with Crippen LogP contribution in [0.25, 0.3) is 0 Å². The molecule has 0 spiro atoms. The van der Waals surface area contributed by atoms with Gasteiger partial charge in [0, 0.05) is 6.61 Å². The second-order valence-electron chi connectivity index (χ2n) is 4.77. The topological polar surface area (TPSA) is 18.5 Å². The van der Waals surface area contributed by atoms with Gasteiger partial charge in [0.2, 0.25) is 0 Å². The van der Waals surface area contributed by atoms with Crippen LogP contribution in [0.4, 0.5) is 0 Å². The molecule has 0 heterocycles. The van der Waals surface area contributed by atoms with Crippen LogP contribution in [-0.4, -0.2) is 12.9 Å². The third-order valence-electron chi connectivity index (χ3n) is 2.85. The zero-order valence-corrected chi connectivity index (χ0v) is 11.8. The molecule has 1 aromatic rings. The lowest BCUT2D eigenvalue weighted by Gasteiger charge is -2.18. The Bertz CT molecular complexity index is 346. The fourth-order valence-electron chi connectivity index (χ4n) is 2.37. The molecule has 0 saturated heterocycles. The molecule has 0 aliphatic rings. The normalized spacial score (nSPS) is 12.9. The highest BCUT2D eigenvalue weighted by molar-refractivity contribution is 5.42. The molecule has 1 unspecified atom stereocenters. The molecule has 17 heavy (non-hydrogen) atoms. The van der Waals surface area contributed by atoms with Crippen molar-refractivity contribution in [3.05, 3.63) is 28.8 Å². The van der Waals surface area contributed by atoms with Crippen LogP contribution in [0.1, 0.15) is 50.3 Å². The summed E-state index contributed by atoms with van der Waals surface area (Å²) in [5.74, 6) is 1.44. The predicted octanol–water partition coefficient (Wildman–Crippen LogP) is 4.19. The molecule has 0 fully saturated rings.